The molecule has 0 saturated heterocycles. The van der Waals surface area contributed by atoms with Crippen LogP contribution < -0.4 is 4.72 Å². The summed E-state index contributed by atoms with van der Waals surface area (Å²) >= 11 is 1.34. The van der Waals surface area contributed by atoms with Gasteiger partial charge in [0.15, 0.2) is 0 Å². The van der Waals surface area contributed by atoms with Crippen molar-refractivity contribution in [2.75, 3.05) is 0 Å². The van der Waals surface area contributed by atoms with E-state index < -0.39 is 21.4 Å². The number of rotatable bonds is 4. The zero-order chi connectivity index (χ0) is 13.9. The van der Waals surface area contributed by atoms with Gasteiger partial charge in [0.05, 0.1) is 17.7 Å². The van der Waals surface area contributed by atoms with Gasteiger partial charge in [0, 0.05) is 5.38 Å². The van der Waals surface area contributed by atoms with Crippen molar-refractivity contribution in [2.45, 2.75) is 11.4 Å². The highest BCUT2D eigenvalue weighted by atomic mass is 32.2. The van der Waals surface area contributed by atoms with Crippen LogP contribution in [0.25, 0.3) is 0 Å². The average Bonchev–Trinajstić information content (AvgIpc) is 2.89. The van der Waals surface area contributed by atoms with E-state index in [2.05, 4.69) is 9.71 Å². The van der Waals surface area contributed by atoms with Crippen LogP contribution in [0.4, 0.5) is 4.39 Å². The van der Waals surface area contributed by atoms with Gasteiger partial charge < -0.3 is 0 Å². The van der Waals surface area contributed by atoms with E-state index in [9.17, 15) is 12.8 Å². The minimum absolute atomic E-state index is 0.00673. The Morgan fingerprint density at radius 2 is 2.26 bits per heavy atom. The van der Waals surface area contributed by atoms with Crippen LogP contribution in [-0.4, -0.2) is 13.4 Å². The van der Waals surface area contributed by atoms with Gasteiger partial charge in [-0.1, -0.05) is 6.07 Å². The second-order valence-corrected chi connectivity index (χ2v) is 5.98. The Balaban J connectivity index is 2.30. The maximum Gasteiger partial charge on any atom is 0.242 e. The molecule has 0 spiro atoms. The summed E-state index contributed by atoms with van der Waals surface area (Å²) in [5, 5.41) is 10.5. The molecule has 5 nitrogen and oxygen atoms in total. The Morgan fingerprint density at radius 3 is 2.89 bits per heavy atom. The molecule has 0 unspecified atom stereocenters. The summed E-state index contributed by atoms with van der Waals surface area (Å²) in [4.78, 5) is 3.56. The first-order valence-corrected chi connectivity index (χ1v) is 7.52. The van der Waals surface area contributed by atoms with Gasteiger partial charge in [0.25, 0.3) is 0 Å². The first-order chi connectivity index (χ1) is 9.04. The minimum Gasteiger partial charge on any atom is -0.248 e. The second kappa shape index (κ2) is 5.44. The molecule has 2 rings (SSSR count). The molecule has 0 aliphatic carbocycles. The van der Waals surface area contributed by atoms with Gasteiger partial charge in [-0.05, 0) is 12.1 Å². The molecule has 0 bridgehead atoms. The summed E-state index contributed by atoms with van der Waals surface area (Å²) in [6.45, 7) is -0.00673. The van der Waals surface area contributed by atoms with E-state index in [1.54, 1.807) is 17.0 Å². The van der Waals surface area contributed by atoms with E-state index in [1.165, 1.54) is 23.5 Å². The Labute approximate surface area is 113 Å². The van der Waals surface area contributed by atoms with E-state index in [-0.39, 0.29) is 11.4 Å². The molecule has 1 aromatic heterocycles. The topological polar surface area (TPSA) is 82.8 Å². The summed E-state index contributed by atoms with van der Waals surface area (Å²) in [5.74, 6) is -0.862. The minimum atomic E-state index is -3.95. The monoisotopic (exact) mass is 297 g/mol. The van der Waals surface area contributed by atoms with Crippen LogP contribution in [0.1, 0.15) is 11.3 Å². The average molecular weight is 297 g/mol. The van der Waals surface area contributed by atoms with Crippen LogP contribution in [0.3, 0.4) is 0 Å². The third kappa shape index (κ3) is 2.96. The van der Waals surface area contributed by atoms with Gasteiger partial charge >= 0.3 is 0 Å². The summed E-state index contributed by atoms with van der Waals surface area (Å²) in [5.41, 5.74) is 1.64. The van der Waals surface area contributed by atoms with Gasteiger partial charge in [-0.3, -0.25) is 0 Å². The van der Waals surface area contributed by atoms with Crippen LogP contribution in [0.15, 0.2) is 34.0 Å². The van der Waals surface area contributed by atoms with E-state index in [0.717, 1.165) is 6.07 Å². The lowest BCUT2D eigenvalue weighted by atomic mass is 10.2. The fourth-order valence-corrected chi connectivity index (χ4v) is 3.13. The quantitative estimate of drug-likeness (QED) is 0.929. The normalized spacial score (nSPS) is 11.2. The standard InChI is InChI=1S/C11H8FN3O2S2/c12-10-2-1-3-11(9(10)4-13)19(16,17)15-5-8-6-18-7-14-8/h1-3,6-7,15H,5H2. The van der Waals surface area contributed by atoms with Crippen molar-refractivity contribution in [3.05, 3.63) is 46.2 Å². The molecule has 2 aromatic rings. The SMILES string of the molecule is N#Cc1c(F)cccc1S(=O)(=O)NCc1cscn1. The van der Waals surface area contributed by atoms with Gasteiger partial charge in [-0.2, -0.15) is 5.26 Å². The molecule has 0 saturated carbocycles. The van der Waals surface area contributed by atoms with E-state index in [4.69, 9.17) is 5.26 Å². The molecule has 8 heteroatoms. The molecule has 0 fully saturated rings. The van der Waals surface area contributed by atoms with Crippen LogP contribution >= 0.6 is 11.3 Å². The van der Waals surface area contributed by atoms with Gasteiger partial charge in [-0.25, -0.2) is 22.5 Å². The number of halogens is 1. The van der Waals surface area contributed by atoms with Crippen molar-refractivity contribution < 1.29 is 12.8 Å². The maximum atomic E-state index is 13.4. The first kappa shape index (κ1) is 13.6. The van der Waals surface area contributed by atoms with Crippen molar-refractivity contribution in [2.24, 2.45) is 0 Å². The van der Waals surface area contributed by atoms with Crippen LogP contribution in [0, 0.1) is 17.1 Å². The summed E-state index contributed by atoms with van der Waals surface area (Å²) in [6.07, 6.45) is 0. The Hall–Kier alpha value is -1.82. The Kier molecular flexibility index (Phi) is 3.90. The molecular weight excluding hydrogens is 289 g/mol. The predicted molar refractivity (Wildman–Crippen MR) is 67.3 cm³/mol. The molecule has 19 heavy (non-hydrogen) atoms. The number of nitrogens with one attached hydrogen (secondary N) is 1. The molecule has 1 heterocycles. The molecule has 0 aliphatic rings. The summed E-state index contributed by atoms with van der Waals surface area (Å²) < 4.78 is 39.7. The lowest BCUT2D eigenvalue weighted by Gasteiger charge is -2.07. The number of thiazole rings is 1. The third-order valence-corrected chi connectivity index (χ3v) is 4.38. The lowest BCUT2D eigenvalue weighted by Crippen LogP contribution is -2.24. The van der Waals surface area contributed by atoms with Gasteiger partial charge in [0.1, 0.15) is 22.3 Å². The fourth-order valence-electron chi connectivity index (χ4n) is 1.41. The number of nitrogens with zero attached hydrogens (tertiary/aromatic N) is 2. The van der Waals surface area contributed by atoms with Crippen molar-refractivity contribution in [1.29, 1.82) is 5.26 Å². The van der Waals surface area contributed by atoms with E-state index >= 15 is 0 Å². The maximum absolute atomic E-state index is 13.4. The van der Waals surface area contributed by atoms with E-state index in [1.807, 2.05) is 0 Å². The fraction of sp³-hybridized carbons (Fsp3) is 0.0909. The number of sulfonamides is 1. The van der Waals surface area contributed by atoms with Crippen LogP contribution in [0.2, 0.25) is 0 Å². The van der Waals surface area contributed by atoms with Crippen LogP contribution in [0.5, 0.6) is 0 Å². The first-order valence-electron chi connectivity index (χ1n) is 5.10. The highest BCUT2D eigenvalue weighted by Gasteiger charge is 2.21. The molecule has 98 valence electrons. The largest absolute Gasteiger partial charge is 0.248 e. The molecule has 0 atom stereocenters. The zero-order valence-electron chi connectivity index (χ0n) is 9.50. The number of hydrogen-bond acceptors (Lipinski definition) is 5. The van der Waals surface area contributed by atoms with Gasteiger partial charge in [0.2, 0.25) is 10.0 Å². The van der Waals surface area contributed by atoms with Crippen molar-refractivity contribution in [3.8, 4) is 6.07 Å². The highest BCUT2D eigenvalue weighted by molar-refractivity contribution is 7.89. The van der Waals surface area contributed by atoms with Crippen molar-refractivity contribution in [1.82, 2.24) is 9.71 Å². The Bertz CT molecular complexity index is 721. The molecule has 1 aromatic carbocycles. The van der Waals surface area contributed by atoms with Crippen molar-refractivity contribution >= 4 is 21.4 Å². The third-order valence-electron chi connectivity index (χ3n) is 2.30. The Morgan fingerprint density at radius 1 is 1.47 bits per heavy atom. The second-order valence-electron chi connectivity index (χ2n) is 3.53. The van der Waals surface area contributed by atoms with Crippen LogP contribution in [-0.2, 0) is 16.6 Å². The number of hydrogen-bond donors (Lipinski definition) is 1. The van der Waals surface area contributed by atoms with E-state index in [0.29, 0.717) is 5.69 Å². The smallest absolute Gasteiger partial charge is 0.242 e. The zero-order valence-corrected chi connectivity index (χ0v) is 11.1. The number of aromatic nitrogens is 1. The highest BCUT2D eigenvalue weighted by Crippen LogP contribution is 2.18. The molecule has 1 N–H and O–H groups in total. The molecule has 0 radical (unpaired) electrons. The predicted octanol–water partition coefficient (Wildman–Crippen LogP) is 1.63. The molecule has 0 aliphatic heterocycles. The van der Waals surface area contributed by atoms with Crippen molar-refractivity contribution in [3.63, 3.8) is 0 Å². The molecular formula is C11H8FN3O2S2. The van der Waals surface area contributed by atoms with Gasteiger partial charge in [-0.15, -0.1) is 11.3 Å². The summed E-state index contributed by atoms with van der Waals surface area (Å²) in [7, 11) is -3.95. The number of nitriles is 1. The number of benzene rings is 1. The summed E-state index contributed by atoms with van der Waals surface area (Å²) in [6, 6.07) is 5.02. The molecule has 0 amide bonds. The lowest BCUT2D eigenvalue weighted by molar-refractivity contribution is 0.575.